The number of hydrogen-bond donors (Lipinski definition) is 1. The van der Waals surface area contributed by atoms with Gasteiger partial charge in [-0.15, -0.1) is 0 Å². The van der Waals surface area contributed by atoms with Gasteiger partial charge in [-0.3, -0.25) is 4.90 Å². The fraction of sp³-hybridized carbons (Fsp3) is 1.00. The lowest BCUT2D eigenvalue weighted by molar-refractivity contribution is 0.124. The zero-order valence-electron chi connectivity index (χ0n) is 10.9. The van der Waals surface area contributed by atoms with Gasteiger partial charge in [0.1, 0.15) is 0 Å². The summed E-state index contributed by atoms with van der Waals surface area (Å²) in [7, 11) is 2.07. The van der Waals surface area contributed by atoms with Crippen molar-refractivity contribution in [2.45, 2.75) is 71.0 Å². The first-order chi connectivity index (χ1) is 7.24. The molecule has 0 radical (unpaired) electrons. The molecule has 3 atom stereocenters. The van der Waals surface area contributed by atoms with Crippen LogP contribution in [0.4, 0.5) is 0 Å². The average molecular weight is 212 g/mol. The SMILES string of the molecule is CCCC(CNC)N1C(C)CCC1CC. The number of likely N-dealkylation sites (tertiary alicyclic amines) is 1. The second-order valence-electron chi connectivity index (χ2n) is 4.94. The fourth-order valence-electron chi connectivity index (χ4n) is 3.09. The highest BCUT2D eigenvalue weighted by molar-refractivity contribution is 4.89. The van der Waals surface area contributed by atoms with Gasteiger partial charge in [-0.05, 0) is 39.7 Å². The van der Waals surface area contributed by atoms with Gasteiger partial charge in [0.15, 0.2) is 0 Å². The molecule has 0 spiro atoms. The molecule has 1 N–H and O–H groups in total. The standard InChI is InChI=1S/C13H28N2/c1-5-7-13(10-14-4)15-11(3)8-9-12(15)6-2/h11-14H,5-10H2,1-4H3. The number of likely N-dealkylation sites (N-methyl/N-ethyl adjacent to an activating group) is 1. The van der Waals surface area contributed by atoms with Crippen LogP contribution in [0.3, 0.4) is 0 Å². The second kappa shape index (κ2) is 6.49. The van der Waals surface area contributed by atoms with Crippen LogP contribution in [0.5, 0.6) is 0 Å². The molecular weight excluding hydrogens is 184 g/mol. The maximum Gasteiger partial charge on any atom is 0.0226 e. The van der Waals surface area contributed by atoms with Crippen LogP contribution in [0.1, 0.15) is 52.9 Å². The van der Waals surface area contributed by atoms with Crippen molar-refractivity contribution in [2.75, 3.05) is 13.6 Å². The van der Waals surface area contributed by atoms with E-state index >= 15 is 0 Å². The van der Waals surface area contributed by atoms with Gasteiger partial charge in [-0.2, -0.15) is 0 Å². The third-order valence-corrected chi connectivity index (χ3v) is 3.80. The van der Waals surface area contributed by atoms with E-state index in [1.807, 2.05) is 0 Å². The first-order valence-electron chi connectivity index (χ1n) is 6.66. The molecule has 1 fully saturated rings. The first kappa shape index (κ1) is 13.0. The van der Waals surface area contributed by atoms with E-state index < -0.39 is 0 Å². The van der Waals surface area contributed by atoms with Crippen LogP contribution >= 0.6 is 0 Å². The van der Waals surface area contributed by atoms with E-state index in [-0.39, 0.29) is 0 Å². The molecule has 0 aromatic rings. The Morgan fingerprint density at radius 2 is 2.07 bits per heavy atom. The molecule has 90 valence electrons. The lowest BCUT2D eigenvalue weighted by Crippen LogP contribution is -2.47. The van der Waals surface area contributed by atoms with Crippen molar-refractivity contribution in [2.24, 2.45) is 0 Å². The lowest BCUT2D eigenvalue weighted by atomic mass is 10.1. The topological polar surface area (TPSA) is 15.3 Å². The summed E-state index contributed by atoms with van der Waals surface area (Å²) in [5, 5.41) is 3.35. The summed E-state index contributed by atoms with van der Waals surface area (Å²) < 4.78 is 0. The molecule has 0 aromatic heterocycles. The van der Waals surface area contributed by atoms with E-state index in [2.05, 4.69) is 38.0 Å². The van der Waals surface area contributed by atoms with Crippen molar-refractivity contribution in [3.8, 4) is 0 Å². The summed E-state index contributed by atoms with van der Waals surface area (Å²) in [6.07, 6.45) is 6.74. The van der Waals surface area contributed by atoms with Crippen LogP contribution in [0.25, 0.3) is 0 Å². The Kier molecular flexibility index (Phi) is 5.62. The highest BCUT2D eigenvalue weighted by Gasteiger charge is 2.33. The van der Waals surface area contributed by atoms with E-state index in [9.17, 15) is 0 Å². The van der Waals surface area contributed by atoms with Crippen LogP contribution < -0.4 is 5.32 Å². The van der Waals surface area contributed by atoms with Crippen molar-refractivity contribution in [3.05, 3.63) is 0 Å². The minimum absolute atomic E-state index is 0.752. The van der Waals surface area contributed by atoms with Gasteiger partial charge in [0.05, 0.1) is 0 Å². The van der Waals surface area contributed by atoms with Crippen molar-refractivity contribution < 1.29 is 0 Å². The molecule has 1 rings (SSSR count). The molecule has 3 unspecified atom stereocenters. The summed E-state index contributed by atoms with van der Waals surface area (Å²) >= 11 is 0. The molecule has 1 saturated heterocycles. The molecule has 0 saturated carbocycles. The molecule has 0 aliphatic carbocycles. The Morgan fingerprint density at radius 1 is 1.33 bits per heavy atom. The van der Waals surface area contributed by atoms with Crippen LogP contribution in [0.15, 0.2) is 0 Å². The van der Waals surface area contributed by atoms with E-state index in [0.717, 1.165) is 24.7 Å². The lowest BCUT2D eigenvalue weighted by Gasteiger charge is -2.36. The Hall–Kier alpha value is -0.0800. The van der Waals surface area contributed by atoms with Crippen molar-refractivity contribution >= 4 is 0 Å². The third-order valence-electron chi connectivity index (χ3n) is 3.80. The van der Waals surface area contributed by atoms with E-state index in [4.69, 9.17) is 0 Å². The maximum absolute atomic E-state index is 3.35. The summed E-state index contributed by atoms with van der Waals surface area (Å²) in [5.41, 5.74) is 0. The highest BCUT2D eigenvalue weighted by atomic mass is 15.2. The predicted molar refractivity (Wildman–Crippen MR) is 67.2 cm³/mol. The van der Waals surface area contributed by atoms with Crippen molar-refractivity contribution in [1.29, 1.82) is 0 Å². The fourth-order valence-corrected chi connectivity index (χ4v) is 3.09. The molecule has 0 amide bonds. The number of nitrogens with zero attached hydrogens (tertiary/aromatic N) is 1. The minimum Gasteiger partial charge on any atom is -0.318 e. The maximum atomic E-state index is 3.35. The largest absolute Gasteiger partial charge is 0.318 e. The van der Waals surface area contributed by atoms with Gasteiger partial charge in [-0.1, -0.05) is 20.3 Å². The molecular formula is C13H28N2. The molecule has 15 heavy (non-hydrogen) atoms. The zero-order valence-corrected chi connectivity index (χ0v) is 10.9. The van der Waals surface area contributed by atoms with Crippen LogP contribution in [-0.4, -0.2) is 36.6 Å². The Morgan fingerprint density at radius 3 is 2.60 bits per heavy atom. The number of nitrogens with one attached hydrogen (secondary N) is 1. The minimum atomic E-state index is 0.752. The van der Waals surface area contributed by atoms with Crippen LogP contribution in [0, 0.1) is 0 Å². The highest BCUT2D eigenvalue weighted by Crippen LogP contribution is 2.29. The predicted octanol–water partition coefficient (Wildman–Crippen LogP) is 2.64. The first-order valence-corrected chi connectivity index (χ1v) is 6.66. The van der Waals surface area contributed by atoms with E-state index in [1.54, 1.807) is 0 Å². The normalized spacial score (nSPS) is 29.6. The second-order valence-corrected chi connectivity index (χ2v) is 4.94. The molecule has 1 aliphatic rings. The molecule has 1 heterocycles. The average Bonchev–Trinajstić information content (AvgIpc) is 2.59. The molecule has 0 bridgehead atoms. The van der Waals surface area contributed by atoms with Crippen molar-refractivity contribution in [1.82, 2.24) is 10.2 Å². The third kappa shape index (κ3) is 3.18. The van der Waals surface area contributed by atoms with Crippen LogP contribution in [-0.2, 0) is 0 Å². The quantitative estimate of drug-likeness (QED) is 0.728. The van der Waals surface area contributed by atoms with Gasteiger partial charge in [-0.25, -0.2) is 0 Å². The monoisotopic (exact) mass is 212 g/mol. The number of hydrogen-bond acceptors (Lipinski definition) is 2. The molecule has 1 aliphatic heterocycles. The van der Waals surface area contributed by atoms with Gasteiger partial charge in [0, 0.05) is 24.7 Å². The molecule has 2 nitrogen and oxygen atoms in total. The van der Waals surface area contributed by atoms with Crippen molar-refractivity contribution in [3.63, 3.8) is 0 Å². The van der Waals surface area contributed by atoms with Gasteiger partial charge in [0.2, 0.25) is 0 Å². The van der Waals surface area contributed by atoms with Gasteiger partial charge < -0.3 is 5.32 Å². The Labute approximate surface area is 95.4 Å². The van der Waals surface area contributed by atoms with E-state index in [1.165, 1.54) is 32.1 Å². The van der Waals surface area contributed by atoms with Gasteiger partial charge >= 0.3 is 0 Å². The summed E-state index contributed by atoms with van der Waals surface area (Å²) in [6.45, 7) is 8.17. The van der Waals surface area contributed by atoms with Gasteiger partial charge in [0.25, 0.3) is 0 Å². The van der Waals surface area contributed by atoms with Crippen LogP contribution in [0.2, 0.25) is 0 Å². The molecule has 2 heteroatoms. The zero-order chi connectivity index (χ0) is 11.3. The summed E-state index contributed by atoms with van der Waals surface area (Å²) in [5.74, 6) is 0. The Balaban J connectivity index is 2.61. The number of rotatable bonds is 6. The smallest absolute Gasteiger partial charge is 0.0226 e. The van der Waals surface area contributed by atoms with E-state index in [0.29, 0.717) is 0 Å². The summed E-state index contributed by atoms with van der Waals surface area (Å²) in [4.78, 5) is 2.78. The Bertz CT molecular complexity index is 164. The molecule has 0 aromatic carbocycles. The summed E-state index contributed by atoms with van der Waals surface area (Å²) in [6, 6.07) is 2.38.